The molecule has 1 unspecified atom stereocenters. The minimum Gasteiger partial charge on any atom is -0.396 e. The fourth-order valence-corrected chi connectivity index (χ4v) is 2.44. The van der Waals surface area contributed by atoms with Gasteiger partial charge in [-0.3, -0.25) is 0 Å². The third-order valence-corrected chi connectivity index (χ3v) is 3.62. The summed E-state index contributed by atoms with van der Waals surface area (Å²) in [5.74, 6) is 0.912. The van der Waals surface area contributed by atoms with Crippen LogP contribution in [0.3, 0.4) is 0 Å². The summed E-state index contributed by atoms with van der Waals surface area (Å²) in [6.07, 6.45) is 3.54. The molecule has 0 spiro atoms. The number of aliphatic hydroxyl groups excluding tert-OH is 1. The van der Waals surface area contributed by atoms with Crippen LogP contribution in [0, 0.1) is 0 Å². The van der Waals surface area contributed by atoms with E-state index in [1.807, 2.05) is 12.1 Å². The average Bonchev–Trinajstić information content (AvgIpc) is 2.35. The van der Waals surface area contributed by atoms with Gasteiger partial charge in [0, 0.05) is 24.6 Å². The van der Waals surface area contributed by atoms with Crippen LogP contribution in [0.2, 0.25) is 5.02 Å². The number of nitrogens with zero attached hydrogens (tertiary/aromatic N) is 1. The quantitative estimate of drug-likeness (QED) is 0.715. The SMILES string of the molecule is CCCNC(CCO)CSc1ccc(Cl)cn1. The third kappa shape index (κ3) is 6.27. The standard InChI is InChI=1S/C12H19ClN2OS/c1-2-6-14-11(5-7-16)9-17-12-4-3-10(13)8-15-12/h3-4,8,11,14,16H,2,5-7,9H2,1H3. The molecule has 96 valence electrons. The van der Waals surface area contributed by atoms with Gasteiger partial charge in [0.05, 0.1) is 10.0 Å². The lowest BCUT2D eigenvalue weighted by atomic mass is 10.2. The van der Waals surface area contributed by atoms with E-state index in [1.54, 1.807) is 18.0 Å². The van der Waals surface area contributed by atoms with Crippen LogP contribution >= 0.6 is 23.4 Å². The molecule has 1 aromatic heterocycles. The van der Waals surface area contributed by atoms with E-state index in [9.17, 15) is 0 Å². The molecule has 0 aromatic carbocycles. The van der Waals surface area contributed by atoms with Crippen molar-refractivity contribution in [3.8, 4) is 0 Å². The molecular formula is C12H19ClN2OS. The fourth-order valence-electron chi connectivity index (χ4n) is 1.38. The Morgan fingerprint density at radius 2 is 2.35 bits per heavy atom. The number of aromatic nitrogens is 1. The Hall–Kier alpha value is -0.290. The Kier molecular flexibility index (Phi) is 7.60. The topological polar surface area (TPSA) is 45.1 Å². The fraction of sp³-hybridized carbons (Fsp3) is 0.583. The van der Waals surface area contributed by atoms with Crippen molar-refractivity contribution in [1.29, 1.82) is 0 Å². The Labute approximate surface area is 112 Å². The van der Waals surface area contributed by atoms with E-state index in [0.29, 0.717) is 11.1 Å². The van der Waals surface area contributed by atoms with Crippen LogP contribution in [0.25, 0.3) is 0 Å². The van der Waals surface area contributed by atoms with Crippen LogP contribution in [-0.4, -0.2) is 35.0 Å². The lowest BCUT2D eigenvalue weighted by molar-refractivity contribution is 0.270. The van der Waals surface area contributed by atoms with Crippen molar-refractivity contribution in [1.82, 2.24) is 10.3 Å². The Bertz CT molecular complexity index is 308. The maximum absolute atomic E-state index is 8.99. The normalized spacial score (nSPS) is 12.6. The zero-order valence-corrected chi connectivity index (χ0v) is 11.6. The summed E-state index contributed by atoms with van der Waals surface area (Å²) in [5.41, 5.74) is 0. The highest BCUT2D eigenvalue weighted by molar-refractivity contribution is 7.99. The molecule has 1 rings (SSSR count). The first kappa shape index (κ1) is 14.8. The van der Waals surface area contributed by atoms with Crippen LogP contribution in [0.1, 0.15) is 19.8 Å². The lowest BCUT2D eigenvalue weighted by Gasteiger charge is -2.16. The zero-order chi connectivity index (χ0) is 12.5. The van der Waals surface area contributed by atoms with E-state index in [1.165, 1.54) is 0 Å². The summed E-state index contributed by atoms with van der Waals surface area (Å²) < 4.78 is 0. The molecular weight excluding hydrogens is 256 g/mol. The second kappa shape index (κ2) is 8.75. The summed E-state index contributed by atoms with van der Waals surface area (Å²) >= 11 is 7.46. The van der Waals surface area contributed by atoms with Crippen LogP contribution in [0.5, 0.6) is 0 Å². The summed E-state index contributed by atoms with van der Waals surface area (Å²) in [6, 6.07) is 4.10. The molecule has 2 N–H and O–H groups in total. The van der Waals surface area contributed by atoms with Gasteiger partial charge in [-0.25, -0.2) is 4.98 Å². The molecule has 5 heteroatoms. The van der Waals surface area contributed by atoms with Crippen LogP contribution in [0.4, 0.5) is 0 Å². The van der Waals surface area contributed by atoms with E-state index in [2.05, 4.69) is 17.2 Å². The Morgan fingerprint density at radius 3 is 2.94 bits per heavy atom. The zero-order valence-electron chi connectivity index (χ0n) is 10.0. The molecule has 0 aliphatic rings. The second-order valence-corrected chi connectivity index (χ2v) is 5.27. The smallest absolute Gasteiger partial charge is 0.0961 e. The number of hydrogen-bond donors (Lipinski definition) is 2. The maximum atomic E-state index is 8.99. The number of thioether (sulfide) groups is 1. The van der Waals surface area contributed by atoms with Crippen molar-refractivity contribution in [3.63, 3.8) is 0 Å². The highest BCUT2D eigenvalue weighted by Crippen LogP contribution is 2.18. The summed E-state index contributed by atoms with van der Waals surface area (Å²) in [7, 11) is 0. The van der Waals surface area contributed by atoms with E-state index < -0.39 is 0 Å². The van der Waals surface area contributed by atoms with Gasteiger partial charge in [-0.15, -0.1) is 11.8 Å². The molecule has 1 atom stereocenters. The van der Waals surface area contributed by atoms with Gasteiger partial charge in [-0.2, -0.15) is 0 Å². The van der Waals surface area contributed by atoms with E-state index in [0.717, 1.165) is 30.2 Å². The van der Waals surface area contributed by atoms with Crippen molar-refractivity contribution < 1.29 is 5.11 Å². The first-order chi connectivity index (χ1) is 8.26. The number of hydrogen-bond acceptors (Lipinski definition) is 4. The summed E-state index contributed by atoms with van der Waals surface area (Å²) in [5, 5.41) is 14.0. The molecule has 0 aliphatic heterocycles. The molecule has 1 heterocycles. The molecule has 0 bridgehead atoms. The predicted molar refractivity (Wildman–Crippen MR) is 73.8 cm³/mol. The lowest BCUT2D eigenvalue weighted by Crippen LogP contribution is -2.32. The molecule has 3 nitrogen and oxygen atoms in total. The summed E-state index contributed by atoms with van der Waals surface area (Å²) in [4.78, 5) is 4.23. The molecule has 0 saturated heterocycles. The van der Waals surface area contributed by atoms with Gasteiger partial charge in [-0.1, -0.05) is 18.5 Å². The van der Waals surface area contributed by atoms with Crippen molar-refractivity contribution in [2.75, 3.05) is 18.9 Å². The maximum Gasteiger partial charge on any atom is 0.0961 e. The molecule has 0 amide bonds. The van der Waals surface area contributed by atoms with Gasteiger partial charge in [0.25, 0.3) is 0 Å². The average molecular weight is 275 g/mol. The first-order valence-electron chi connectivity index (χ1n) is 5.85. The molecule has 0 saturated carbocycles. The number of halogens is 1. The second-order valence-electron chi connectivity index (χ2n) is 3.79. The predicted octanol–water partition coefficient (Wildman–Crippen LogP) is 2.58. The summed E-state index contributed by atoms with van der Waals surface area (Å²) in [6.45, 7) is 3.34. The minimum atomic E-state index is 0.218. The van der Waals surface area contributed by atoms with Crippen molar-refractivity contribution >= 4 is 23.4 Å². The molecule has 0 radical (unpaired) electrons. The van der Waals surface area contributed by atoms with E-state index in [4.69, 9.17) is 16.7 Å². The van der Waals surface area contributed by atoms with Crippen molar-refractivity contribution in [2.24, 2.45) is 0 Å². The van der Waals surface area contributed by atoms with Gasteiger partial charge >= 0.3 is 0 Å². The molecule has 17 heavy (non-hydrogen) atoms. The minimum absolute atomic E-state index is 0.218. The first-order valence-corrected chi connectivity index (χ1v) is 7.21. The van der Waals surface area contributed by atoms with Gasteiger partial charge < -0.3 is 10.4 Å². The third-order valence-electron chi connectivity index (χ3n) is 2.29. The number of nitrogens with one attached hydrogen (secondary N) is 1. The highest BCUT2D eigenvalue weighted by atomic mass is 35.5. The van der Waals surface area contributed by atoms with Gasteiger partial charge in [0.2, 0.25) is 0 Å². The van der Waals surface area contributed by atoms with E-state index >= 15 is 0 Å². The molecule has 1 aromatic rings. The number of aliphatic hydroxyl groups is 1. The van der Waals surface area contributed by atoms with E-state index in [-0.39, 0.29) is 6.61 Å². The monoisotopic (exact) mass is 274 g/mol. The van der Waals surface area contributed by atoms with Crippen molar-refractivity contribution in [3.05, 3.63) is 23.4 Å². The van der Waals surface area contributed by atoms with Crippen molar-refractivity contribution in [2.45, 2.75) is 30.8 Å². The van der Waals surface area contributed by atoms with Gasteiger partial charge in [0.15, 0.2) is 0 Å². The highest BCUT2D eigenvalue weighted by Gasteiger charge is 2.08. The van der Waals surface area contributed by atoms with Crippen LogP contribution < -0.4 is 5.32 Å². The Balaban J connectivity index is 2.37. The van der Waals surface area contributed by atoms with Crippen LogP contribution in [-0.2, 0) is 0 Å². The van der Waals surface area contributed by atoms with Gasteiger partial charge in [0.1, 0.15) is 0 Å². The molecule has 0 aliphatic carbocycles. The molecule has 0 fully saturated rings. The Morgan fingerprint density at radius 1 is 1.53 bits per heavy atom. The number of rotatable bonds is 8. The van der Waals surface area contributed by atoms with Gasteiger partial charge in [-0.05, 0) is 31.5 Å². The number of pyridine rings is 1. The largest absolute Gasteiger partial charge is 0.396 e. The van der Waals surface area contributed by atoms with Crippen LogP contribution in [0.15, 0.2) is 23.4 Å².